The molecule has 0 amide bonds. The van der Waals surface area contributed by atoms with Crippen LogP contribution >= 0.6 is 0 Å². The Balaban J connectivity index is 0.000000403. The third-order valence-electron chi connectivity index (χ3n) is 5.34. The minimum absolute atomic E-state index is 0. The first-order valence-electron chi connectivity index (χ1n) is 9.86. The predicted octanol–water partition coefficient (Wildman–Crippen LogP) is 3.81. The second-order valence-electron chi connectivity index (χ2n) is 7.68. The fourth-order valence-electron chi connectivity index (χ4n) is 3.98. The molecule has 0 aromatic carbocycles. The molecule has 0 aromatic rings. The maximum absolute atomic E-state index is 12.1. The Labute approximate surface area is 161 Å². The molecule has 23 heavy (non-hydrogen) atoms. The Morgan fingerprint density at radius 1 is 0.609 bits per heavy atom. The Morgan fingerprint density at radius 3 is 0.957 bits per heavy atom. The Bertz CT molecular complexity index is 256. The van der Waals surface area contributed by atoms with Crippen LogP contribution in [-0.4, -0.2) is 34.3 Å². The number of hydrogen-bond acceptors (Lipinski definition) is 2. The summed E-state index contributed by atoms with van der Waals surface area (Å²) in [5.41, 5.74) is -1.08. The van der Waals surface area contributed by atoms with Gasteiger partial charge in [-0.25, -0.2) is 0 Å². The van der Waals surface area contributed by atoms with E-state index < -0.39 is 11.2 Å². The van der Waals surface area contributed by atoms with Crippen LogP contribution in [0.25, 0.3) is 0 Å². The van der Waals surface area contributed by atoms with E-state index in [-0.39, 0.29) is 23.1 Å². The second kappa shape index (κ2) is 11.3. The molecule has 0 unspecified atom stereocenters. The van der Waals surface area contributed by atoms with Crippen LogP contribution in [0.3, 0.4) is 0 Å². The van der Waals surface area contributed by atoms with Crippen LogP contribution in [-0.2, 0) is 0 Å². The molecule has 0 aromatic heterocycles. The average Bonchev–Trinajstić information content (AvgIpc) is 3.32. The van der Waals surface area contributed by atoms with Gasteiger partial charge in [0.2, 0.25) is 0 Å². The Hall–Kier alpha value is 0.686. The van der Waals surface area contributed by atoms with E-state index in [2.05, 4.69) is 27.7 Å². The first-order chi connectivity index (χ1) is 10.5. The van der Waals surface area contributed by atoms with Crippen LogP contribution in [0, 0.1) is 11.8 Å². The summed E-state index contributed by atoms with van der Waals surface area (Å²) in [4.78, 5) is 0. The summed E-state index contributed by atoms with van der Waals surface area (Å²) in [6.07, 6.45) is 12.6. The third-order valence-corrected chi connectivity index (χ3v) is 5.34. The topological polar surface area (TPSA) is 46.1 Å². The minimum Gasteiger partial charge on any atom is -0.849 e. The van der Waals surface area contributed by atoms with Gasteiger partial charge in [0.1, 0.15) is 0 Å². The van der Waals surface area contributed by atoms with Crippen LogP contribution in [0.2, 0.25) is 0 Å². The van der Waals surface area contributed by atoms with E-state index in [4.69, 9.17) is 0 Å². The third kappa shape index (κ3) is 8.07. The molecule has 2 saturated carbocycles. The van der Waals surface area contributed by atoms with Crippen molar-refractivity contribution in [2.45, 2.75) is 116 Å². The first kappa shape index (κ1) is 23.7. The van der Waals surface area contributed by atoms with Gasteiger partial charge in [0, 0.05) is 0 Å². The van der Waals surface area contributed by atoms with E-state index in [1.54, 1.807) is 0 Å². The van der Waals surface area contributed by atoms with Gasteiger partial charge in [0.15, 0.2) is 0 Å². The first-order valence-corrected chi connectivity index (χ1v) is 9.86. The Morgan fingerprint density at radius 2 is 0.826 bits per heavy atom. The maximum Gasteiger partial charge on any atom is 2.00 e. The summed E-state index contributed by atoms with van der Waals surface area (Å²) in [7, 11) is 0. The van der Waals surface area contributed by atoms with Gasteiger partial charge in [0.25, 0.3) is 0 Å². The van der Waals surface area contributed by atoms with Crippen molar-refractivity contribution in [2.75, 3.05) is 0 Å². The second-order valence-corrected chi connectivity index (χ2v) is 7.68. The molecule has 0 N–H and O–H groups in total. The van der Waals surface area contributed by atoms with Crippen molar-refractivity contribution in [3.8, 4) is 0 Å². The van der Waals surface area contributed by atoms with E-state index in [1.165, 1.54) is 25.7 Å². The molecule has 3 heteroatoms. The van der Waals surface area contributed by atoms with Gasteiger partial charge >= 0.3 is 23.1 Å². The van der Waals surface area contributed by atoms with Gasteiger partial charge in [-0.2, -0.15) is 0 Å². The Kier molecular flexibility index (Phi) is 11.7. The van der Waals surface area contributed by atoms with E-state index in [0.717, 1.165) is 51.4 Å². The molecule has 0 aliphatic heterocycles. The van der Waals surface area contributed by atoms with Crippen molar-refractivity contribution >= 4 is 23.1 Å². The van der Waals surface area contributed by atoms with Gasteiger partial charge in [-0.15, -0.1) is 11.2 Å². The van der Waals surface area contributed by atoms with Crippen molar-refractivity contribution in [2.24, 2.45) is 11.8 Å². The molecule has 2 nitrogen and oxygen atoms in total. The molecule has 0 atom stereocenters. The molecule has 2 aliphatic carbocycles. The van der Waals surface area contributed by atoms with Gasteiger partial charge < -0.3 is 10.2 Å². The van der Waals surface area contributed by atoms with E-state index in [0.29, 0.717) is 11.8 Å². The van der Waals surface area contributed by atoms with E-state index in [1.807, 2.05) is 0 Å². The van der Waals surface area contributed by atoms with Crippen LogP contribution in [0.4, 0.5) is 0 Å². The van der Waals surface area contributed by atoms with Crippen molar-refractivity contribution in [3.63, 3.8) is 0 Å². The fourth-order valence-corrected chi connectivity index (χ4v) is 3.98. The van der Waals surface area contributed by atoms with Crippen molar-refractivity contribution in [1.29, 1.82) is 0 Å². The van der Waals surface area contributed by atoms with Crippen LogP contribution in [0.5, 0.6) is 0 Å². The monoisotopic (exact) mass is 334 g/mol. The molecule has 0 saturated heterocycles. The largest absolute Gasteiger partial charge is 2.00 e. The van der Waals surface area contributed by atoms with Gasteiger partial charge in [-0.1, -0.05) is 117 Å². The van der Waals surface area contributed by atoms with E-state index >= 15 is 0 Å². The van der Waals surface area contributed by atoms with Crippen LogP contribution in [0.15, 0.2) is 0 Å². The summed E-state index contributed by atoms with van der Waals surface area (Å²) < 4.78 is 0. The summed E-state index contributed by atoms with van der Waals surface area (Å²) >= 11 is 0. The molecule has 0 radical (unpaired) electrons. The average molecular weight is 335 g/mol. The van der Waals surface area contributed by atoms with Crippen molar-refractivity contribution < 1.29 is 10.2 Å². The minimum atomic E-state index is -0.538. The normalized spacial score (nSPS) is 18.0. The van der Waals surface area contributed by atoms with Crippen molar-refractivity contribution in [3.05, 3.63) is 0 Å². The quantitative estimate of drug-likeness (QED) is 0.570. The van der Waals surface area contributed by atoms with Gasteiger partial charge in [-0.3, -0.25) is 0 Å². The molecular weight excluding hydrogens is 297 g/mol. The maximum atomic E-state index is 12.1. The van der Waals surface area contributed by atoms with Gasteiger partial charge in [-0.05, 0) is 0 Å². The zero-order valence-corrected chi connectivity index (χ0v) is 17.6. The molecule has 2 rings (SSSR count). The molecular formula is C20H38MgO2. The molecule has 2 aliphatic rings. The van der Waals surface area contributed by atoms with Crippen molar-refractivity contribution in [1.82, 2.24) is 0 Å². The SMILES string of the molecule is CCCC([O-])(CCC)C1CC1.CCCC([O-])(CCC)C1CC1.[Mg+2]. The smallest absolute Gasteiger partial charge is 0.849 e. The molecule has 0 spiro atoms. The fraction of sp³-hybridized carbons (Fsp3) is 1.00. The summed E-state index contributed by atoms with van der Waals surface area (Å²) in [5, 5.41) is 24.1. The van der Waals surface area contributed by atoms with Crippen LogP contribution < -0.4 is 10.2 Å². The summed E-state index contributed by atoms with van der Waals surface area (Å²) in [6, 6.07) is 0. The summed E-state index contributed by atoms with van der Waals surface area (Å²) in [5.74, 6) is 1.06. The predicted molar refractivity (Wildman–Crippen MR) is 96.3 cm³/mol. The zero-order chi connectivity index (χ0) is 16.6. The zero-order valence-electron chi connectivity index (χ0n) is 16.2. The standard InChI is InChI=1S/2C10H19O.Mg/c2*1-3-7-10(11,8-4-2)9-5-6-9;/h2*9H,3-8H2,1-2H3;/q2*-1;+2. The number of hydrogen-bond donors (Lipinski definition) is 0. The molecule has 132 valence electrons. The molecule has 0 heterocycles. The van der Waals surface area contributed by atoms with Gasteiger partial charge in [0.05, 0.1) is 0 Å². The summed E-state index contributed by atoms with van der Waals surface area (Å²) in [6.45, 7) is 8.46. The van der Waals surface area contributed by atoms with E-state index in [9.17, 15) is 10.2 Å². The molecule has 0 bridgehead atoms. The van der Waals surface area contributed by atoms with Crippen LogP contribution in [0.1, 0.15) is 105 Å². The molecule has 2 fully saturated rings. The number of rotatable bonds is 10.